The van der Waals surface area contributed by atoms with Gasteiger partial charge in [0.15, 0.2) is 0 Å². The molecule has 2 aromatic heterocycles. The summed E-state index contributed by atoms with van der Waals surface area (Å²) in [4.78, 5) is 29.1. The second kappa shape index (κ2) is 7.12. The summed E-state index contributed by atoms with van der Waals surface area (Å²) in [7, 11) is 0. The minimum Gasteiger partial charge on any atom is -0.325 e. The minimum absolute atomic E-state index is 0.000962. The van der Waals surface area contributed by atoms with Gasteiger partial charge in [-0.25, -0.2) is 4.98 Å². The van der Waals surface area contributed by atoms with E-state index in [2.05, 4.69) is 10.3 Å². The van der Waals surface area contributed by atoms with Crippen LogP contribution >= 0.6 is 11.3 Å². The monoisotopic (exact) mass is 379 g/mol. The third-order valence-electron chi connectivity index (χ3n) is 3.44. The molecule has 1 amide bonds. The summed E-state index contributed by atoms with van der Waals surface area (Å²) in [6, 6.07) is 9.23. The predicted molar refractivity (Wildman–Crippen MR) is 91.9 cm³/mol. The van der Waals surface area contributed by atoms with E-state index in [1.165, 1.54) is 35.9 Å². The lowest BCUT2D eigenvalue weighted by Crippen LogP contribution is -2.27. The lowest BCUT2D eigenvalue weighted by molar-refractivity contribution is -0.137. The van der Waals surface area contributed by atoms with Crippen LogP contribution in [0.1, 0.15) is 5.56 Å². The van der Waals surface area contributed by atoms with E-state index in [1.54, 1.807) is 0 Å². The summed E-state index contributed by atoms with van der Waals surface area (Å²) in [5.74, 6) is -0.628. The molecule has 0 saturated heterocycles. The van der Waals surface area contributed by atoms with Crippen molar-refractivity contribution < 1.29 is 18.0 Å². The number of benzene rings is 1. The Hall–Kier alpha value is -2.94. The number of hydrogen-bond donors (Lipinski definition) is 1. The summed E-state index contributed by atoms with van der Waals surface area (Å²) in [6.45, 7) is -0.354. The highest BCUT2D eigenvalue weighted by atomic mass is 32.1. The maximum atomic E-state index is 12.7. The molecule has 0 radical (unpaired) electrons. The average Bonchev–Trinajstić information content (AvgIpc) is 3.10. The molecule has 0 bridgehead atoms. The summed E-state index contributed by atoms with van der Waals surface area (Å²) in [5.41, 5.74) is -0.794. The van der Waals surface area contributed by atoms with E-state index in [1.807, 2.05) is 17.5 Å². The number of halogens is 3. The van der Waals surface area contributed by atoms with Crippen LogP contribution in [0, 0.1) is 0 Å². The number of nitrogens with one attached hydrogen (secondary N) is 1. The normalized spacial score (nSPS) is 11.3. The molecule has 0 fully saturated rings. The van der Waals surface area contributed by atoms with Crippen molar-refractivity contribution in [3.05, 3.63) is 70.1 Å². The van der Waals surface area contributed by atoms with Crippen molar-refractivity contribution >= 4 is 22.9 Å². The Balaban J connectivity index is 1.72. The van der Waals surface area contributed by atoms with Crippen LogP contribution in [0.25, 0.3) is 10.6 Å². The second-order valence-corrected chi connectivity index (χ2v) is 6.29. The summed E-state index contributed by atoms with van der Waals surface area (Å²) >= 11 is 1.43. The Morgan fingerprint density at radius 2 is 2.00 bits per heavy atom. The van der Waals surface area contributed by atoms with Gasteiger partial charge in [0.05, 0.1) is 22.5 Å². The van der Waals surface area contributed by atoms with Crippen molar-refractivity contribution in [3.8, 4) is 10.6 Å². The molecule has 26 heavy (non-hydrogen) atoms. The number of rotatable bonds is 4. The fourth-order valence-corrected chi connectivity index (χ4v) is 2.93. The zero-order valence-electron chi connectivity index (χ0n) is 13.2. The largest absolute Gasteiger partial charge is 0.416 e. The van der Waals surface area contributed by atoms with E-state index < -0.39 is 23.2 Å². The third-order valence-corrected chi connectivity index (χ3v) is 4.33. The molecule has 0 spiro atoms. The Morgan fingerprint density at radius 3 is 2.65 bits per heavy atom. The Labute approximate surface area is 149 Å². The maximum Gasteiger partial charge on any atom is 0.416 e. The van der Waals surface area contributed by atoms with Crippen molar-refractivity contribution in [2.45, 2.75) is 12.7 Å². The number of nitrogens with zero attached hydrogens (tertiary/aromatic N) is 2. The molecule has 3 rings (SSSR count). The van der Waals surface area contributed by atoms with E-state index in [9.17, 15) is 22.8 Å². The number of alkyl halides is 3. The van der Waals surface area contributed by atoms with Gasteiger partial charge in [0.1, 0.15) is 6.54 Å². The van der Waals surface area contributed by atoms with Gasteiger partial charge >= 0.3 is 6.18 Å². The Morgan fingerprint density at radius 1 is 1.19 bits per heavy atom. The first kappa shape index (κ1) is 17.9. The van der Waals surface area contributed by atoms with E-state index in [0.717, 1.165) is 21.6 Å². The fourth-order valence-electron chi connectivity index (χ4n) is 2.23. The Bertz CT molecular complexity index is 981. The first-order valence-corrected chi connectivity index (χ1v) is 8.28. The van der Waals surface area contributed by atoms with Crippen LogP contribution in [0.5, 0.6) is 0 Å². The van der Waals surface area contributed by atoms with Gasteiger partial charge in [-0.05, 0) is 29.6 Å². The van der Waals surface area contributed by atoms with E-state index in [0.29, 0.717) is 5.69 Å². The highest BCUT2D eigenvalue weighted by Crippen LogP contribution is 2.30. The van der Waals surface area contributed by atoms with Crippen LogP contribution in [-0.4, -0.2) is 15.5 Å². The summed E-state index contributed by atoms with van der Waals surface area (Å²) in [6.07, 6.45) is -3.26. The molecule has 1 aromatic carbocycles. The van der Waals surface area contributed by atoms with Crippen LogP contribution < -0.4 is 10.9 Å². The molecule has 0 saturated carbocycles. The molecule has 0 unspecified atom stereocenters. The molecule has 134 valence electrons. The van der Waals surface area contributed by atoms with E-state index in [-0.39, 0.29) is 12.2 Å². The van der Waals surface area contributed by atoms with Crippen LogP contribution in [0.15, 0.2) is 59.0 Å². The molecule has 1 N–H and O–H groups in total. The molecule has 2 heterocycles. The minimum atomic E-state index is -4.50. The lowest BCUT2D eigenvalue weighted by atomic mass is 10.2. The van der Waals surface area contributed by atoms with Gasteiger partial charge in [0, 0.05) is 11.8 Å². The molecule has 5 nitrogen and oxygen atoms in total. The number of carbonyl (C=O) groups excluding carboxylic acids is 1. The van der Waals surface area contributed by atoms with E-state index >= 15 is 0 Å². The molecular formula is C17H12F3N3O2S. The second-order valence-electron chi connectivity index (χ2n) is 5.34. The van der Waals surface area contributed by atoms with Crippen molar-refractivity contribution in [2.24, 2.45) is 0 Å². The lowest BCUT2D eigenvalue weighted by Gasteiger charge is -2.10. The standard InChI is InChI=1S/C17H12F3N3O2S/c18-17(19,20)11-3-1-4-12(7-11)22-15(24)9-23-10-21-13(8-16(23)25)14-5-2-6-26-14/h1-8,10H,9H2,(H,22,24). The number of anilines is 1. The van der Waals surface area contributed by atoms with Gasteiger partial charge in [0.2, 0.25) is 5.91 Å². The Kier molecular flexibility index (Phi) is 4.90. The summed E-state index contributed by atoms with van der Waals surface area (Å²) in [5, 5.41) is 4.20. The molecule has 0 atom stereocenters. The molecule has 0 aliphatic heterocycles. The van der Waals surface area contributed by atoms with Gasteiger partial charge in [-0.1, -0.05) is 12.1 Å². The van der Waals surface area contributed by atoms with Crippen LogP contribution in [0.4, 0.5) is 18.9 Å². The van der Waals surface area contributed by atoms with Gasteiger partial charge in [0.25, 0.3) is 5.56 Å². The summed E-state index contributed by atoms with van der Waals surface area (Å²) < 4.78 is 39.2. The number of carbonyl (C=O) groups is 1. The molecule has 3 aromatic rings. The van der Waals surface area contributed by atoms with Crippen molar-refractivity contribution in [2.75, 3.05) is 5.32 Å². The van der Waals surface area contributed by atoms with Crippen molar-refractivity contribution in [1.82, 2.24) is 9.55 Å². The molecular weight excluding hydrogens is 367 g/mol. The quantitative estimate of drug-likeness (QED) is 0.753. The maximum absolute atomic E-state index is 12.7. The molecule has 0 aliphatic rings. The van der Waals surface area contributed by atoms with Crippen molar-refractivity contribution in [1.29, 1.82) is 0 Å². The van der Waals surface area contributed by atoms with Gasteiger partial charge < -0.3 is 5.32 Å². The number of thiophene rings is 1. The zero-order chi connectivity index (χ0) is 18.7. The first-order valence-electron chi connectivity index (χ1n) is 7.40. The van der Waals surface area contributed by atoms with Gasteiger partial charge in [-0.15, -0.1) is 11.3 Å². The van der Waals surface area contributed by atoms with E-state index in [4.69, 9.17) is 0 Å². The zero-order valence-corrected chi connectivity index (χ0v) is 14.0. The van der Waals surface area contributed by atoms with Gasteiger partial charge in [-0.3, -0.25) is 14.2 Å². The smallest absolute Gasteiger partial charge is 0.325 e. The highest BCUT2D eigenvalue weighted by Gasteiger charge is 2.30. The van der Waals surface area contributed by atoms with Crippen LogP contribution in [0.2, 0.25) is 0 Å². The van der Waals surface area contributed by atoms with Crippen molar-refractivity contribution in [3.63, 3.8) is 0 Å². The number of aromatic nitrogens is 2. The molecule has 9 heteroatoms. The molecule has 0 aliphatic carbocycles. The van der Waals surface area contributed by atoms with Gasteiger partial charge in [-0.2, -0.15) is 13.2 Å². The van der Waals surface area contributed by atoms with Crippen LogP contribution in [-0.2, 0) is 17.5 Å². The average molecular weight is 379 g/mol. The number of hydrogen-bond acceptors (Lipinski definition) is 4. The van der Waals surface area contributed by atoms with Crippen LogP contribution in [0.3, 0.4) is 0 Å². The predicted octanol–water partition coefficient (Wildman–Crippen LogP) is 3.63. The topological polar surface area (TPSA) is 64.0 Å². The number of amides is 1. The SMILES string of the molecule is O=C(Cn1cnc(-c2cccs2)cc1=O)Nc1cccc(C(F)(F)F)c1. The fraction of sp³-hybridized carbons (Fsp3) is 0.118. The first-order chi connectivity index (χ1) is 12.3. The highest BCUT2D eigenvalue weighted by molar-refractivity contribution is 7.13. The third kappa shape index (κ3) is 4.17.